The highest BCUT2D eigenvalue weighted by Crippen LogP contribution is 2.34. The van der Waals surface area contributed by atoms with Crippen molar-refractivity contribution in [1.82, 2.24) is 15.2 Å². The highest BCUT2D eigenvalue weighted by molar-refractivity contribution is 7.19. The van der Waals surface area contributed by atoms with E-state index in [-0.39, 0.29) is 12.6 Å². The minimum atomic E-state index is -4.35. The second kappa shape index (κ2) is 8.66. The zero-order valence-corrected chi connectivity index (χ0v) is 17.1. The SMILES string of the molecule is NC(CNc1nc(CO)c(-c2ccc3[nH]ncc3c2)s1)Cc1ccc(C(F)(F)F)cc1. The number of rotatable bonds is 7. The number of aliphatic hydroxyl groups is 1. The Hall–Kier alpha value is -2.95. The molecule has 0 aliphatic carbocycles. The normalized spacial score (nSPS) is 12.9. The third kappa shape index (κ3) is 4.87. The van der Waals surface area contributed by atoms with Gasteiger partial charge in [-0.15, -0.1) is 0 Å². The fraction of sp³-hybridized carbons (Fsp3) is 0.238. The van der Waals surface area contributed by atoms with Crippen molar-refractivity contribution in [2.24, 2.45) is 5.73 Å². The lowest BCUT2D eigenvalue weighted by Crippen LogP contribution is -2.31. The van der Waals surface area contributed by atoms with E-state index in [1.165, 1.54) is 23.5 Å². The van der Waals surface area contributed by atoms with Gasteiger partial charge >= 0.3 is 6.18 Å². The average Bonchev–Trinajstić information content (AvgIpc) is 3.38. The van der Waals surface area contributed by atoms with E-state index in [2.05, 4.69) is 20.5 Å². The van der Waals surface area contributed by atoms with Gasteiger partial charge in [0.25, 0.3) is 0 Å². The Morgan fingerprint density at radius 2 is 1.94 bits per heavy atom. The number of alkyl halides is 3. The van der Waals surface area contributed by atoms with Crippen LogP contribution in [0.2, 0.25) is 0 Å². The Labute approximate surface area is 179 Å². The number of hydrogen-bond donors (Lipinski definition) is 4. The van der Waals surface area contributed by atoms with Crippen LogP contribution in [0.25, 0.3) is 21.3 Å². The molecule has 2 aromatic carbocycles. The summed E-state index contributed by atoms with van der Waals surface area (Å²) >= 11 is 1.41. The molecular weight excluding hydrogens is 427 g/mol. The molecule has 1 atom stereocenters. The monoisotopic (exact) mass is 447 g/mol. The Kier molecular flexibility index (Phi) is 5.94. The van der Waals surface area contributed by atoms with Crippen molar-refractivity contribution in [2.45, 2.75) is 25.2 Å². The predicted molar refractivity (Wildman–Crippen MR) is 115 cm³/mol. The van der Waals surface area contributed by atoms with Gasteiger partial charge in [-0.3, -0.25) is 5.10 Å². The number of thiazole rings is 1. The van der Waals surface area contributed by atoms with Gasteiger partial charge in [-0.05, 0) is 41.8 Å². The number of nitrogens with zero attached hydrogens (tertiary/aromatic N) is 2. The third-order valence-corrected chi connectivity index (χ3v) is 5.95. The van der Waals surface area contributed by atoms with E-state index >= 15 is 0 Å². The summed E-state index contributed by atoms with van der Waals surface area (Å²) in [5.41, 5.74) is 8.61. The van der Waals surface area contributed by atoms with Crippen molar-refractivity contribution in [3.63, 3.8) is 0 Å². The van der Waals surface area contributed by atoms with Gasteiger partial charge in [0.2, 0.25) is 0 Å². The molecule has 162 valence electrons. The summed E-state index contributed by atoms with van der Waals surface area (Å²) in [6.07, 6.45) is -2.19. The van der Waals surface area contributed by atoms with E-state index < -0.39 is 11.7 Å². The van der Waals surface area contributed by atoms with E-state index in [1.54, 1.807) is 6.20 Å². The van der Waals surface area contributed by atoms with Gasteiger partial charge in [-0.25, -0.2) is 4.98 Å². The van der Waals surface area contributed by atoms with Gasteiger partial charge in [-0.1, -0.05) is 29.5 Å². The van der Waals surface area contributed by atoms with E-state index in [1.807, 2.05) is 18.2 Å². The summed E-state index contributed by atoms with van der Waals surface area (Å²) in [5, 5.41) is 21.4. The van der Waals surface area contributed by atoms with Crippen LogP contribution in [0.15, 0.2) is 48.7 Å². The summed E-state index contributed by atoms with van der Waals surface area (Å²) in [4.78, 5) is 5.30. The van der Waals surface area contributed by atoms with E-state index in [0.29, 0.717) is 23.8 Å². The number of aromatic amines is 1. The molecule has 0 amide bonds. The van der Waals surface area contributed by atoms with Crippen LogP contribution in [0.4, 0.5) is 18.3 Å². The number of anilines is 1. The van der Waals surface area contributed by atoms with Crippen LogP contribution < -0.4 is 11.1 Å². The largest absolute Gasteiger partial charge is 0.416 e. The molecule has 0 saturated heterocycles. The van der Waals surface area contributed by atoms with Crippen LogP contribution in [0.3, 0.4) is 0 Å². The Bertz CT molecular complexity index is 1170. The first-order valence-electron chi connectivity index (χ1n) is 9.53. The number of aromatic nitrogens is 3. The molecule has 4 aromatic rings. The predicted octanol–water partition coefficient (Wildman–Crippen LogP) is 4.18. The number of H-pyrrole nitrogens is 1. The highest BCUT2D eigenvalue weighted by atomic mass is 32.1. The second-order valence-electron chi connectivity index (χ2n) is 7.16. The fourth-order valence-electron chi connectivity index (χ4n) is 3.27. The minimum absolute atomic E-state index is 0.200. The molecule has 4 rings (SSSR count). The van der Waals surface area contributed by atoms with Crippen LogP contribution in [-0.4, -0.2) is 32.9 Å². The molecular formula is C21H20F3N5OS. The highest BCUT2D eigenvalue weighted by Gasteiger charge is 2.29. The number of benzene rings is 2. The minimum Gasteiger partial charge on any atom is -0.390 e. The molecule has 0 aliphatic heterocycles. The number of nitrogens with one attached hydrogen (secondary N) is 2. The summed E-state index contributed by atoms with van der Waals surface area (Å²) in [6.45, 7) is 0.189. The molecule has 2 heterocycles. The van der Waals surface area contributed by atoms with Gasteiger partial charge in [0.1, 0.15) is 0 Å². The smallest absolute Gasteiger partial charge is 0.390 e. The molecule has 0 aliphatic rings. The van der Waals surface area contributed by atoms with E-state index in [9.17, 15) is 18.3 Å². The lowest BCUT2D eigenvalue weighted by molar-refractivity contribution is -0.137. The Morgan fingerprint density at radius 1 is 1.16 bits per heavy atom. The van der Waals surface area contributed by atoms with Crippen molar-refractivity contribution in [3.8, 4) is 10.4 Å². The quantitative estimate of drug-likeness (QED) is 0.341. The van der Waals surface area contributed by atoms with Crippen molar-refractivity contribution >= 4 is 27.4 Å². The molecule has 0 saturated carbocycles. The zero-order chi connectivity index (χ0) is 22.0. The molecule has 0 radical (unpaired) electrons. The molecule has 1 unspecified atom stereocenters. The topological polar surface area (TPSA) is 99.9 Å². The second-order valence-corrected chi connectivity index (χ2v) is 8.16. The van der Waals surface area contributed by atoms with Crippen molar-refractivity contribution in [1.29, 1.82) is 0 Å². The molecule has 10 heteroatoms. The van der Waals surface area contributed by atoms with Gasteiger partial charge in [-0.2, -0.15) is 18.3 Å². The molecule has 0 fully saturated rings. The Morgan fingerprint density at radius 3 is 2.65 bits per heavy atom. The van der Waals surface area contributed by atoms with Crippen molar-refractivity contribution in [2.75, 3.05) is 11.9 Å². The number of halogens is 3. The molecule has 6 nitrogen and oxygen atoms in total. The Balaban J connectivity index is 1.41. The summed E-state index contributed by atoms with van der Waals surface area (Å²) in [5.74, 6) is 0. The molecule has 0 bridgehead atoms. The van der Waals surface area contributed by atoms with E-state index in [0.717, 1.165) is 39.0 Å². The van der Waals surface area contributed by atoms with Crippen LogP contribution in [0.1, 0.15) is 16.8 Å². The maximum atomic E-state index is 12.7. The maximum absolute atomic E-state index is 12.7. The number of fused-ring (bicyclic) bond motifs is 1. The van der Waals surface area contributed by atoms with Crippen molar-refractivity contribution < 1.29 is 18.3 Å². The summed E-state index contributed by atoms with van der Waals surface area (Å²) < 4.78 is 38.0. The first kappa shape index (κ1) is 21.3. The van der Waals surface area contributed by atoms with Crippen LogP contribution in [0, 0.1) is 0 Å². The lowest BCUT2D eigenvalue weighted by atomic mass is 10.0. The standard InChI is InChI=1S/C21H20F3N5OS/c22-21(23,24)15-4-1-12(2-5-15)7-16(25)10-26-20-28-18(11-30)19(31-20)13-3-6-17-14(8-13)9-27-29-17/h1-6,8-9,16,30H,7,10-11,25H2,(H,26,28)(H,27,29). The van der Waals surface area contributed by atoms with Gasteiger partial charge < -0.3 is 16.2 Å². The molecule has 2 aromatic heterocycles. The zero-order valence-electron chi connectivity index (χ0n) is 16.3. The molecule has 5 N–H and O–H groups in total. The van der Waals surface area contributed by atoms with Crippen LogP contribution in [0.5, 0.6) is 0 Å². The third-order valence-electron chi connectivity index (χ3n) is 4.84. The summed E-state index contributed by atoms with van der Waals surface area (Å²) in [6, 6.07) is 10.5. The van der Waals surface area contributed by atoms with Gasteiger partial charge in [0.05, 0.1) is 34.5 Å². The van der Waals surface area contributed by atoms with Crippen LogP contribution in [-0.2, 0) is 19.2 Å². The maximum Gasteiger partial charge on any atom is 0.416 e. The first-order valence-corrected chi connectivity index (χ1v) is 10.3. The van der Waals surface area contributed by atoms with Crippen molar-refractivity contribution in [3.05, 3.63) is 65.5 Å². The fourth-order valence-corrected chi connectivity index (χ4v) is 4.24. The number of aliphatic hydroxyl groups excluding tert-OH is 1. The molecule has 31 heavy (non-hydrogen) atoms. The van der Waals surface area contributed by atoms with Crippen LogP contribution >= 0.6 is 11.3 Å². The first-order chi connectivity index (χ1) is 14.8. The van der Waals surface area contributed by atoms with Gasteiger partial charge in [0, 0.05) is 18.0 Å². The molecule has 0 spiro atoms. The average molecular weight is 447 g/mol. The number of nitrogens with two attached hydrogens (primary N) is 1. The van der Waals surface area contributed by atoms with E-state index in [4.69, 9.17) is 5.73 Å². The lowest BCUT2D eigenvalue weighted by Gasteiger charge is -2.13. The number of hydrogen-bond acceptors (Lipinski definition) is 6. The van der Waals surface area contributed by atoms with Gasteiger partial charge in [0.15, 0.2) is 5.13 Å². The summed E-state index contributed by atoms with van der Waals surface area (Å²) in [7, 11) is 0.